The summed E-state index contributed by atoms with van der Waals surface area (Å²) in [4.78, 5) is 25.0. The molecular weight excluding hydrogens is 485 g/mol. The van der Waals surface area contributed by atoms with E-state index < -0.39 is 6.04 Å². The second-order valence-electron chi connectivity index (χ2n) is 6.98. The molecule has 0 aliphatic rings. The highest BCUT2D eigenvalue weighted by atomic mass is 35.5. The first-order valence-electron chi connectivity index (χ1n) is 10.1. The third-order valence-electron chi connectivity index (χ3n) is 4.66. The van der Waals surface area contributed by atoms with Crippen LogP contribution in [-0.4, -0.2) is 39.4 Å². The van der Waals surface area contributed by atoms with E-state index in [1.807, 2.05) is 18.4 Å². The van der Waals surface area contributed by atoms with Crippen molar-refractivity contribution in [1.29, 1.82) is 0 Å². The van der Waals surface area contributed by atoms with Crippen molar-refractivity contribution in [3.05, 3.63) is 63.9 Å². The molecule has 0 unspecified atom stereocenters. The van der Waals surface area contributed by atoms with E-state index in [4.69, 9.17) is 27.9 Å². The van der Waals surface area contributed by atoms with E-state index in [-0.39, 0.29) is 17.6 Å². The zero-order valence-corrected chi connectivity index (χ0v) is 20.6. The highest BCUT2D eigenvalue weighted by Crippen LogP contribution is 2.24. The van der Waals surface area contributed by atoms with Crippen LogP contribution in [0, 0.1) is 0 Å². The average Bonchev–Trinajstić information content (AvgIpc) is 3.22. The Kier molecular flexibility index (Phi) is 8.60. The van der Waals surface area contributed by atoms with E-state index in [0.717, 1.165) is 0 Å². The van der Waals surface area contributed by atoms with Gasteiger partial charge in [-0.15, -0.1) is 10.2 Å². The topological polar surface area (TPSA) is 98.1 Å². The van der Waals surface area contributed by atoms with Crippen molar-refractivity contribution in [3.63, 3.8) is 0 Å². The number of anilines is 1. The summed E-state index contributed by atoms with van der Waals surface area (Å²) < 4.78 is 7.03. The zero-order valence-electron chi connectivity index (χ0n) is 18.3. The molecule has 0 radical (unpaired) electrons. The van der Waals surface area contributed by atoms with Crippen molar-refractivity contribution in [3.8, 4) is 5.75 Å². The number of aromatic nitrogens is 3. The fourth-order valence-corrected chi connectivity index (χ4v) is 4.14. The summed E-state index contributed by atoms with van der Waals surface area (Å²) in [5.74, 6) is 0.911. The van der Waals surface area contributed by atoms with Crippen molar-refractivity contribution in [1.82, 2.24) is 20.1 Å². The predicted molar refractivity (Wildman–Crippen MR) is 130 cm³/mol. The van der Waals surface area contributed by atoms with Gasteiger partial charge in [-0.05, 0) is 44.2 Å². The number of amides is 2. The Morgan fingerprint density at radius 1 is 1.15 bits per heavy atom. The summed E-state index contributed by atoms with van der Waals surface area (Å²) in [7, 11) is 1.57. The van der Waals surface area contributed by atoms with E-state index in [0.29, 0.717) is 44.6 Å². The van der Waals surface area contributed by atoms with Gasteiger partial charge in [0.15, 0.2) is 11.0 Å². The minimum absolute atomic E-state index is 0.152. The number of ether oxygens (including phenoxy) is 1. The maximum absolute atomic E-state index is 12.6. The molecule has 11 heteroatoms. The second kappa shape index (κ2) is 11.4. The first-order valence-corrected chi connectivity index (χ1v) is 11.8. The number of carbonyl (C=O) groups excluding carboxylic acids is 2. The minimum Gasteiger partial charge on any atom is -0.497 e. The monoisotopic (exact) mass is 507 g/mol. The van der Waals surface area contributed by atoms with Crippen molar-refractivity contribution >= 4 is 52.5 Å². The summed E-state index contributed by atoms with van der Waals surface area (Å²) in [6, 6.07) is 11.4. The maximum atomic E-state index is 12.6. The fourth-order valence-electron chi connectivity index (χ4n) is 3.03. The molecule has 33 heavy (non-hydrogen) atoms. The summed E-state index contributed by atoms with van der Waals surface area (Å²) in [6.45, 7) is 4.34. The molecule has 2 amide bonds. The van der Waals surface area contributed by atoms with Gasteiger partial charge in [0.1, 0.15) is 5.75 Å². The number of carbonyl (C=O) groups is 2. The van der Waals surface area contributed by atoms with Crippen LogP contribution < -0.4 is 15.4 Å². The van der Waals surface area contributed by atoms with Crippen LogP contribution >= 0.6 is 35.0 Å². The Labute approximate surface area is 206 Å². The molecule has 0 aliphatic carbocycles. The van der Waals surface area contributed by atoms with Gasteiger partial charge >= 0.3 is 0 Å². The summed E-state index contributed by atoms with van der Waals surface area (Å²) >= 11 is 13.2. The number of hydrogen-bond donors (Lipinski definition) is 2. The molecule has 0 saturated heterocycles. The normalized spacial score (nSPS) is 11.7. The van der Waals surface area contributed by atoms with Crippen LogP contribution in [0.25, 0.3) is 0 Å². The first-order chi connectivity index (χ1) is 15.8. The van der Waals surface area contributed by atoms with Gasteiger partial charge < -0.3 is 19.9 Å². The number of nitrogens with one attached hydrogen (secondary N) is 2. The number of halogens is 2. The van der Waals surface area contributed by atoms with Gasteiger partial charge in [-0.25, -0.2) is 0 Å². The molecule has 0 saturated carbocycles. The lowest BCUT2D eigenvalue weighted by atomic mass is 10.2. The molecule has 8 nitrogen and oxygen atoms in total. The SMILES string of the molecule is CCn1c(SCC(=O)Nc2cccc(OC)c2)nnc1[C@H](C)NC(=O)c1ccc(Cl)c(Cl)c1. The van der Waals surface area contributed by atoms with Crippen LogP contribution in [0.3, 0.4) is 0 Å². The smallest absolute Gasteiger partial charge is 0.251 e. The van der Waals surface area contributed by atoms with E-state index in [1.165, 1.54) is 17.8 Å². The molecule has 3 aromatic rings. The first kappa shape index (κ1) is 24.9. The average molecular weight is 508 g/mol. The minimum atomic E-state index is -0.417. The highest BCUT2D eigenvalue weighted by molar-refractivity contribution is 7.99. The lowest BCUT2D eigenvalue weighted by Gasteiger charge is -2.15. The molecule has 1 heterocycles. The number of hydrogen-bond acceptors (Lipinski definition) is 6. The number of thioether (sulfide) groups is 1. The number of benzene rings is 2. The molecule has 174 valence electrons. The number of nitrogens with zero attached hydrogens (tertiary/aromatic N) is 3. The van der Waals surface area contributed by atoms with Gasteiger partial charge in [0.05, 0.1) is 28.9 Å². The highest BCUT2D eigenvalue weighted by Gasteiger charge is 2.20. The van der Waals surface area contributed by atoms with Crippen molar-refractivity contribution in [2.24, 2.45) is 0 Å². The molecule has 0 bridgehead atoms. The van der Waals surface area contributed by atoms with Crippen LogP contribution in [0.1, 0.15) is 36.1 Å². The van der Waals surface area contributed by atoms with Crippen molar-refractivity contribution < 1.29 is 14.3 Å². The molecule has 1 atom stereocenters. The summed E-state index contributed by atoms with van der Waals surface area (Å²) in [5.41, 5.74) is 1.04. The van der Waals surface area contributed by atoms with Gasteiger partial charge in [-0.2, -0.15) is 0 Å². The Morgan fingerprint density at radius 2 is 1.94 bits per heavy atom. The Hall–Kier alpha value is -2.75. The van der Waals surface area contributed by atoms with E-state index in [9.17, 15) is 9.59 Å². The van der Waals surface area contributed by atoms with Gasteiger partial charge in [-0.3, -0.25) is 9.59 Å². The molecule has 3 rings (SSSR count). The van der Waals surface area contributed by atoms with Crippen LogP contribution in [0.15, 0.2) is 47.6 Å². The Morgan fingerprint density at radius 3 is 2.64 bits per heavy atom. The molecule has 0 aliphatic heterocycles. The van der Waals surface area contributed by atoms with E-state index in [1.54, 1.807) is 43.5 Å². The van der Waals surface area contributed by atoms with Gasteiger partial charge in [0.2, 0.25) is 5.91 Å². The largest absolute Gasteiger partial charge is 0.497 e. The maximum Gasteiger partial charge on any atom is 0.251 e. The van der Waals surface area contributed by atoms with Crippen molar-refractivity contribution in [2.45, 2.75) is 31.6 Å². The predicted octanol–water partition coefficient (Wildman–Crippen LogP) is 4.84. The molecule has 1 aromatic heterocycles. The van der Waals surface area contributed by atoms with Crippen LogP contribution in [-0.2, 0) is 11.3 Å². The third-order valence-corrected chi connectivity index (χ3v) is 6.37. The van der Waals surface area contributed by atoms with Gasteiger partial charge in [-0.1, -0.05) is 41.0 Å². The Bertz CT molecular complexity index is 1150. The van der Waals surface area contributed by atoms with Crippen molar-refractivity contribution in [2.75, 3.05) is 18.2 Å². The number of methoxy groups -OCH3 is 1. The van der Waals surface area contributed by atoms with E-state index in [2.05, 4.69) is 20.8 Å². The standard InChI is InChI=1S/C22H23Cl2N5O3S/c1-4-29-20(13(2)25-21(31)14-8-9-17(23)18(24)10-14)27-28-22(29)33-12-19(30)26-15-6-5-7-16(11-15)32-3/h5-11,13H,4,12H2,1-3H3,(H,25,31)(H,26,30)/t13-/m0/s1. The fraction of sp³-hybridized carbons (Fsp3) is 0.273. The summed E-state index contributed by atoms with van der Waals surface area (Å²) in [5, 5.41) is 15.4. The van der Waals surface area contributed by atoms with Gasteiger partial charge in [0, 0.05) is 23.9 Å². The quantitative estimate of drug-likeness (QED) is 0.402. The van der Waals surface area contributed by atoms with Crippen LogP contribution in [0.4, 0.5) is 5.69 Å². The molecule has 2 N–H and O–H groups in total. The lowest BCUT2D eigenvalue weighted by Crippen LogP contribution is -2.28. The molecule has 0 spiro atoms. The third kappa shape index (κ3) is 6.40. The lowest BCUT2D eigenvalue weighted by molar-refractivity contribution is -0.113. The zero-order chi connectivity index (χ0) is 24.0. The molecule has 2 aromatic carbocycles. The number of rotatable bonds is 9. The molecular formula is C22H23Cl2N5O3S. The second-order valence-corrected chi connectivity index (χ2v) is 8.73. The Balaban J connectivity index is 1.63. The van der Waals surface area contributed by atoms with Crippen LogP contribution in [0.2, 0.25) is 10.0 Å². The molecule has 0 fully saturated rings. The van der Waals surface area contributed by atoms with Crippen LogP contribution in [0.5, 0.6) is 5.75 Å². The summed E-state index contributed by atoms with van der Waals surface area (Å²) in [6.07, 6.45) is 0. The van der Waals surface area contributed by atoms with E-state index >= 15 is 0 Å². The van der Waals surface area contributed by atoms with Gasteiger partial charge in [0.25, 0.3) is 5.91 Å².